The molecule has 2 aromatic carbocycles. The molecule has 0 aromatic heterocycles. The number of ether oxygens (including phenoxy) is 2. The van der Waals surface area contributed by atoms with Crippen LogP contribution in [0, 0.1) is 0 Å². The number of hydrogen-bond acceptors (Lipinski definition) is 4. The molecule has 26 heavy (non-hydrogen) atoms. The van der Waals surface area contributed by atoms with E-state index in [-0.39, 0.29) is 6.42 Å². The maximum atomic E-state index is 12.6. The third kappa shape index (κ3) is 5.21. The summed E-state index contributed by atoms with van der Waals surface area (Å²) in [7, 11) is 2.69. The Kier molecular flexibility index (Phi) is 7.45. The van der Waals surface area contributed by atoms with Gasteiger partial charge in [-0.1, -0.05) is 59.6 Å². The Morgan fingerprint density at radius 1 is 1.08 bits per heavy atom. The maximum Gasteiger partial charge on any atom is 0.328 e. The van der Waals surface area contributed by atoms with Crippen LogP contribution in [0.25, 0.3) is 0 Å². The molecule has 0 saturated carbocycles. The molecule has 2 aromatic rings. The Labute approximate surface area is 162 Å². The molecule has 0 bridgehead atoms. The lowest BCUT2D eigenvalue weighted by Gasteiger charge is -2.21. The molecule has 7 heteroatoms. The normalized spacial score (nSPS) is 12.9. The summed E-state index contributed by atoms with van der Waals surface area (Å²) in [5.41, 5.74) is 1.35. The zero-order chi connectivity index (χ0) is 19.1. The van der Waals surface area contributed by atoms with Crippen molar-refractivity contribution in [2.45, 2.75) is 18.6 Å². The van der Waals surface area contributed by atoms with Crippen molar-refractivity contribution in [3.63, 3.8) is 0 Å². The number of rotatable bonds is 7. The van der Waals surface area contributed by atoms with Gasteiger partial charge < -0.3 is 14.8 Å². The number of carbonyl (C=O) groups excluding carboxylic acids is 2. The number of benzene rings is 2. The van der Waals surface area contributed by atoms with E-state index in [9.17, 15) is 9.59 Å². The number of halogens is 2. The first-order valence-corrected chi connectivity index (χ1v) is 8.61. The van der Waals surface area contributed by atoms with Gasteiger partial charge in [0.2, 0.25) is 0 Å². The van der Waals surface area contributed by atoms with Crippen molar-refractivity contribution < 1.29 is 19.1 Å². The predicted octanol–water partition coefficient (Wildman–Crippen LogP) is 3.58. The van der Waals surface area contributed by atoms with Crippen LogP contribution in [0.3, 0.4) is 0 Å². The smallest absolute Gasteiger partial charge is 0.328 e. The molecule has 1 amide bonds. The van der Waals surface area contributed by atoms with Crippen LogP contribution in [0.5, 0.6) is 0 Å². The summed E-state index contributed by atoms with van der Waals surface area (Å²) in [6, 6.07) is 13.0. The molecule has 0 aliphatic carbocycles. The summed E-state index contributed by atoms with van der Waals surface area (Å²) in [5, 5.41) is 3.57. The number of nitrogens with one attached hydrogen (secondary N) is 1. The highest BCUT2D eigenvalue weighted by atomic mass is 35.5. The van der Waals surface area contributed by atoms with E-state index in [1.807, 2.05) is 6.07 Å². The van der Waals surface area contributed by atoms with E-state index in [4.69, 9.17) is 32.7 Å². The second-order valence-corrected chi connectivity index (χ2v) is 6.39. The summed E-state index contributed by atoms with van der Waals surface area (Å²) in [6.45, 7) is 0. The Balaban J connectivity index is 2.19. The molecule has 2 atom stereocenters. The quantitative estimate of drug-likeness (QED) is 0.727. The molecule has 0 unspecified atom stereocenters. The summed E-state index contributed by atoms with van der Waals surface area (Å²) < 4.78 is 10.1. The summed E-state index contributed by atoms with van der Waals surface area (Å²) in [6.07, 6.45) is -0.677. The SMILES string of the molecule is COC(=O)[C@H](Cc1ccc(Cl)cc1Cl)NC(=O)[C@H](OC)c1ccccc1. The lowest BCUT2D eigenvalue weighted by molar-refractivity contribution is -0.146. The second-order valence-electron chi connectivity index (χ2n) is 5.55. The highest BCUT2D eigenvalue weighted by Crippen LogP contribution is 2.23. The van der Waals surface area contributed by atoms with Gasteiger partial charge in [-0.15, -0.1) is 0 Å². The van der Waals surface area contributed by atoms with Crippen molar-refractivity contribution in [3.8, 4) is 0 Å². The van der Waals surface area contributed by atoms with Crippen molar-refractivity contribution in [2.24, 2.45) is 0 Å². The number of carbonyl (C=O) groups is 2. The fourth-order valence-corrected chi connectivity index (χ4v) is 3.00. The van der Waals surface area contributed by atoms with E-state index in [0.717, 1.165) is 0 Å². The fraction of sp³-hybridized carbons (Fsp3) is 0.263. The molecule has 2 rings (SSSR count). The van der Waals surface area contributed by atoms with Crippen molar-refractivity contribution in [3.05, 3.63) is 69.7 Å². The minimum absolute atomic E-state index is 0.166. The topological polar surface area (TPSA) is 64.6 Å². The molecule has 0 spiro atoms. The van der Waals surface area contributed by atoms with E-state index >= 15 is 0 Å². The van der Waals surface area contributed by atoms with Crippen molar-refractivity contribution in [2.75, 3.05) is 14.2 Å². The van der Waals surface area contributed by atoms with Gasteiger partial charge in [0.15, 0.2) is 6.10 Å². The van der Waals surface area contributed by atoms with E-state index in [1.165, 1.54) is 14.2 Å². The molecule has 0 aliphatic heterocycles. The first-order valence-electron chi connectivity index (χ1n) is 7.86. The van der Waals surface area contributed by atoms with Gasteiger partial charge in [0.1, 0.15) is 6.04 Å². The average Bonchev–Trinajstić information content (AvgIpc) is 2.64. The van der Waals surface area contributed by atoms with Crippen LogP contribution >= 0.6 is 23.2 Å². The Morgan fingerprint density at radius 2 is 1.77 bits per heavy atom. The maximum absolute atomic E-state index is 12.6. The van der Waals surface area contributed by atoms with Crippen molar-refractivity contribution in [1.82, 2.24) is 5.32 Å². The summed E-state index contributed by atoms with van der Waals surface area (Å²) >= 11 is 12.1. The van der Waals surface area contributed by atoms with Gasteiger partial charge in [-0.3, -0.25) is 4.79 Å². The van der Waals surface area contributed by atoms with Gasteiger partial charge in [-0.2, -0.15) is 0 Å². The highest BCUT2D eigenvalue weighted by molar-refractivity contribution is 6.35. The largest absolute Gasteiger partial charge is 0.467 e. The molecule has 0 saturated heterocycles. The van der Waals surface area contributed by atoms with E-state index < -0.39 is 24.0 Å². The number of esters is 1. The van der Waals surface area contributed by atoms with E-state index in [0.29, 0.717) is 21.2 Å². The van der Waals surface area contributed by atoms with Crippen LogP contribution in [-0.2, 0) is 25.5 Å². The molecule has 0 fully saturated rings. The van der Waals surface area contributed by atoms with Gasteiger partial charge in [0.25, 0.3) is 5.91 Å². The Morgan fingerprint density at radius 3 is 2.35 bits per heavy atom. The van der Waals surface area contributed by atoms with Crippen LogP contribution < -0.4 is 5.32 Å². The second kappa shape index (κ2) is 9.57. The molecule has 1 N–H and O–H groups in total. The van der Waals surface area contributed by atoms with Crippen LogP contribution in [-0.4, -0.2) is 32.1 Å². The molecule has 5 nitrogen and oxygen atoms in total. The Bertz CT molecular complexity index is 767. The van der Waals surface area contributed by atoms with E-state index in [1.54, 1.807) is 42.5 Å². The van der Waals surface area contributed by atoms with Crippen LogP contribution in [0.1, 0.15) is 17.2 Å². The number of amides is 1. The van der Waals surface area contributed by atoms with Crippen LogP contribution in [0.2, 0.25) is 10.0 Å². The van der Waals surface area contributed by atoms with Crippen LogP contribution in [0.4, 0.5) is 0 Å². The standard InChI is InChI=1S/C19H19Cl2NO4/c1-25-17(12-6-4-3-5-7-12)18(23)22-16(19(24)26-2)10-13-8-9-14(20)11-15(13)21/h3-9,11,16-17H,10H2,1-2H3,(H,22,23)/t16-,17+/m0/s1. The van der Waals surface area contributed by atoms with Gasteiger partial charge in [0, 0.05) is 23.6 Å². The van der Waals surface area contributed by atoms with Gasteiger partial charge in [-0.05, 0) is 23.3 Å². The first kappa shape index (κ1) is 20.2. The molecule has 0 heterocycles. The summed E-state index contributed by atoms with van der Waals surface area (Å²) in [4.78, 5) is 24.8. The molecular weight excluding hydrogens is 377 g/mol. The van der Waals surface area contributed by atoms with Crippen molar-refractivity contribution in [1.29, 1.82) is 0 Å². The monoisotopic (exact) mass is 395 g/mol. The zero-order valence-electron chi connectivity index (χ0n) is 14.4. The minimum Gasteiger partial charge on any atom is -0.467 e. The molecular formula is C19H19Cl2NO4. The number of hydrogen-bond donors (Lipinski definition) is 1. The third-order valence-corrected chi connectivity index (χ3v) is 4.40. The fourth-order valence-electron chi connectivity index (χ4n) is 2.51. The van der Waals surface area contributed by atoms with Crippen molar-refractivity contribution >= 4 is 35.1 Å². The van der Waals surface area contributed by atoms with E-state index in [2.05, 4.69) is 5.32 Å². The molecule has 0 radical (unpaired) electrons. The third-order valence-electron chi connectivity index (χ3n) is 3.82. The lowest BCUT2D eigenvalue weighted by Crippen LogP contribution is -2.45. The van der Waals surface area contributed by atoms with Gasteiger partial charge in [-0.25, -0.2) is 4.79 Å². The molecule has 0 aliphatic rings. The summed E-state index contributed by atoms with van der Waals surface area (Å²) in [5.74, 6) is -1.02. The van der Waals surface area contributed by atoms with Crippen LogP contribution in [0.15, 0.2) is 48.5 Å². The van der Waals surface area contributed by atoms with Gasteiger partial charge in [0.05, 0.1) is 7.11 Å². The predicted molar refractivity (Wildman–Crippen MR) is 100 cm³/mol. The highest BCUT2D eigenvalue weighted by Gasteiger charge is 2.28. The first-order chi connectivity index (χ1) is 12.5. The lowest BCUT2D eigenvalue weighted by atomic mass is 10.0. The average molecular weight is 396 g/mol. The minimum atomic E-state index is -0.910. The number of methoxy groups -OCH3 is 2. The molecule has 138 valence electrons. The van der Waals surface area contributed by atoms with Gasteiger partial charge >= 0.3 is 5.97 Å². The Hall–Kier alpha value is -2.08. The zero-order valence-corrected chi connectivity index (χ0v) is 15.9.